The first-order valence-electron chi connectivity index (χ1n) is 2.43. The summed E-state index contributed by atoms with van der Waals surface area (Å²) in [6, 6.07) is 0. The lowest BCUT2D eigenvalue weighted by molar-refractivity contribution is -0.572. The van der Waals surface area contributed by atoms with Gasteiger partial charge in [0.15, 0.2) is 0 Å². The van der Waals surface area contributed by atoms with Crippen molar-refractivity contribution < 1.29 is 19.8 Å². The second-order valence-corrected chi connectivity index (χ2v) is 1.11. The van der Waals surface area contributed by atoms with E-state index in [1.54, 1.807) is 0 Å². The van der Waals surface area contributed by atoms with Crippen LogP contribution in [0.4, 0.5) is 0 Å². The van der Waals surface area contributed by atoms with E-state index < -0.39 is 0 Å². The van der Waals surface area contributed by atoms with Crippen LogP contribution in [0.1, 0.15) is 0 Å². The number of hydroxylamine groups is 2. The molecule has 0 fully saturated rings. The van der Waals surface area contributed by atoms with Crippen molar-refractivity contribution in [3.63, 3.8) is 0 Å². The Labute approximate surface area is 58.8 Å². The van der Waals surface area contributed by atoms with Gasteiger partial charge < -0.3 is 9.78 Å². The van der Waals surface area contributed by atoms with E-state index in [1.165, 1.54) is 7.05 Å². The number of nitrogens with zero attached hydrogens (tertiary/aromatic N) is 1. The molecule has 58 valence electrons. The molecule has 0 N–H and O–H groups in total. The number of hydrogen-bond donors (Lipinski definition) is 0. The van der Waals surface area contributed by atoms with Gasteiger partial charge >= 0.3 is 0 Å². The predicted octanol–water partition coefficient (Wildman–Crippen LogP) is 0.932. The largest absolute Gasteiger partial charge is 0.326 e. The smallest absolute Gasteiger partial charge is 0.124 e. The first kappa shape index (κ1) is 8.96. The maximum atomic E-state index is 4.31. The Morgan fingerprint density at radius 2 is 1.50 bits per heavy atom. The van der Waals surface area contributed by atoms with E-state index in [9.17, 15) is 0 Å². The van der Waals surface area contributed by atoms with Crippen LogP contribution in [0.5, 0.6) is 0 Å². The Morgan fingerprint density at radius 3 is 1.80 bits per heavy atom. The average molecular weight is 147 g/mol. The molecule has 0 saturated carbocycles. The molecule has 0 aromatic rings. The Bertz CT molecular complexity index is 93.8. The highest BCUT2D eigenvalue weighted by molar-refractivity contribution is 4.42. The molecule has 0 heterocycles. The number of rotatable bonds is 6. The van der Waals surface area contributed by atoms with Gasteiger partial charge in [-0.05, 0) is 0 Å². The van der Waals surface area contributed by atoms with Crippen LogP contribution in [0.25, 0.3) is 0 Å². The van der Waals surface area contributed by atoms with Gasteiger partial charge in [0.05, 0.1) is 0 Å². The standard InChI is InChI=1S/C5H9NO4/c1-4-7-9-6(3)10-8-5-2/h4-5H,1-2H2,3H3. The van der Waals surface area contributed by atoms with Crippen LogP contribution in [0.2, 0.25) is 0 Å². The fourth-order valence-electron chi connectivity index (χ4n) is 0.194. The molecular weight excluding hydrogens is 138 g/mol. The molecule has 0 aromatic heterocycles. The summed E-state index contributed by atoms with van der Waals surface area (Å²) in [4.78, 5) is 17.1. The predicted molar refractivity (Wildman–Crippen MR) is 32.5 cm³/mol. The summed E-state index contributed by atoms with van der Waals surface area (Å²) in [7, 11) is 1.42. The Kier molecular flexibility index (Phi) is 5.45. The van der Waals surface area contributed by atoms with Gasteiger partial charge in [0.25, 0.3) is 0 Å². The minimum atomic E-state index is 0.837. The summed E-state index contributed by atoms with van der Waals surface area (Å²) in [5, 5.41) is 0.837. The van der Waals surface area contributed by atoms with Gasteiger partial charge in [0, 0.05) is 12.3 Å². The van der Waals surface area contributed by atoms with Crippen molar-refractivity contribution in [3.8, 4) is 0 Å². The van der Waals surface area contributed by atoms with Crippen molar-refractivity contribution in [2.45, 2.75) is 0 Å². The summed E-state index contributed by atoms with van der Waals surface area (Å²) >= 11 is 0. The van der Waals surface area contributed by atoms with Gasteiger partial charge in [0.1, 0.15) is 12.5 Å². The molecule has 0 aliphatic carbocycles. The molecule has 0 atom stereocenters. The SMILES string of the molecule is C=COON(C)OOC=C. The summed E-state index contributed by atoms with van der Waals surface area (Å²) in [6.45, 7) is 6.45. The molecule has 0 aliphatic rings. The van der Waals surface area contributed by atoms with Gasteiger partial charge in [-0.3, -0.25) is 0 Å². The average Bonchev–Trinajstić information content (AvgIpc) is 1.97. The molecule has 5 nitrogen and oxygen atoms in total. The van der Waals surface area contributed by atoms with Crippen molar-refractivity contribution >= 4 is 0 Å². The quantitative estimate of drug-likeness (QED) is 0.317. The highest BCUT2D eigenvalue weighted by atomic mass is 17.4. The maximum Gasteiger partial charge on any atom is 0.124 e. The van der Waals surface area contributed by atoms with Crippen LogP contribution < -0.4 is 0 Å². The molecule has 0 bridgehead atoms. The van der Waals surface area contributed by atoms with Crippen LogP contribution in [-0.4, -0.2) is 12.3 Å². The molecule has 0 rings (SSSR count). The molecular formula is C5H9NO4. The van der Waals surface area contributed by atoms with Crippen LogP contribution in [0.15, 0.2) is 25.7 Å². The van der Waals surface area contributed by atoms with E-state index in [4.69, 9.17) is 0 Å². The molecule has 0 amide bonds. The molecule has 0 aromatic carbocycles. The first-order valence-corrected chi connectivity index (χ1v) is 2.43. The topological polar surface area (TPSA) is 40.2 Å². The zero-order valence-corrected chi connectivity index (χ0v) is 5.65. The molecule has 0 spiro atoms. The van der Waals surface area contributed by atoms with Crippen molar-refractivity contribution in [3.05, 3.63) is 25.7 Å². The van der Waals surface area contributed by atoms with Gasteiger partial charge in [-0.25, -0.2) is 0 Å². The first-order chi connectivity index (χ1) is 4.81. The third-order valence-electron chi connectivity index (χ3n) is 0.432. The van der Waals surface area contributed by atoms with Crippen LogP contribution >= 0.6 is 0 Å². The fraction of sp³-hybridized carbons (Fsp3) is 0.200. The molecule has 0 unspecified atom stereocenters. The molecule has 10 heavy (non-hydrogen) atoms. The lowest BCUT2D eigenvalue weighted by Gasteiger charge is -2.08. The normalized spacial score (nSPS) is 9.00. The Balaban J connectivity index is 3.15. The van der Waals surface area contributed by atoms with Gasteiger partial charge in [0.2, 0.25) is 0 Å². The Morgan fingerprint density at radius 1 is 1.10 bits per heavy atom. The van der Waals surface area contributed by atoms with Crippen LogP contribution in [0.3, 0.4) is 0 Å². The minimum absolute atomic E-state index is 0.837. The highest BCUT2D eigenvalue weighted by Crippen LogP contribution is 1.89. The summed E-state index contributed by atoms with van der Waals surface area (Å²) in [6.07, 6.45) is 2.18. The zero-order chi connectivity index (χ0) is 7.82. The Hall–Kier alpha value is -1.04. The highest BCUT2D eigenvalue weighted by Gasteiger charge is 1.96. The van der Waals surface area contributed by atoms with E-state index in [-0.39, 0.29) is 0 Å². The minimum Gasteiger partial charge on any atom is -0.326 e. The third-order valence-corrected chi connectivity index (χ3v) is 0.432. The van der Waals surface area contributed by atoms with E-state index in [1.807, 2.05) is 0 Å². The second kappa shape index (κ2) is 6.09. The lowest BCUT2D eigenvalue weighted by Crippen LogP contribution is -2.17. The summed E-state index contributed by atoms with van der Waals surface area (Å²) in [5.74, 6) is 0. The molecule has 5 heteroatoms. The van der Waals surface area contributed by atoms with Gasteiger partial charge in [-0.2, -0.15) is 0 Å². The van der Waals surface area contributed by atoms with Crippen molar-refractivity contribution in [1.29, 1.82) is 0 Å². The van der Waals surface area contributed by atoms with Crippen molar-refractivity contribution in [2.75, 3.05) is 7.05 Å². The van der Waals surface area contributed by atoms with E-state index in [0.717, 1.165) is 17.8 Å². The molecule has 0 radical (unpaired) electrons. The molecule has 0 aliphatic heterocycles. The lowest BCUT2D eigenvalue weighted by atomic mass is 11.2. The second-order valence-electron chi connectivity index (χ2n) is 1.11. The monoisotopic (exact) mass is 147 g/mol. The third kappa shape index (κ3) is 5.10. The van der Waals surface area contributed by atoms with Crippen LogP contribution in [0, 0.1) is 0 Å². The van der Waals surface area contributed by atoms with Gasteiger partial charge in [-0.15, -0.1) is 0 Å². The van der Waals surface area contributed by atoms with Crippen LogP contribution in [-0.2, 0) is 19.8 Å². The van der Waals surface area contributed by atoms with Crippen molar-refractivity contribution in [2.24, 2.45) is 0 Å². The van der Waals surface area contributed by atoms with Gasteiger partial charge in [-0.1, -0.05) is 23.1 Å². The van der Waals surface area contributed by atoms with E-state index >= 15 is 0 Å². The fourth-order valence-corrected chi connectivity index (χ4v) is 0.194. The van der Waals surface area contributed by atoms with Crippen molar-refractivity contribution in [1.82, 2.24) is 5.23 Å². The summed E-state index contributed by atoms with van der Waals surface area (Å²) < 4.78 is 0. The van der Waals surface area contributed by atoms with E-state index in [0.29, 0.717) is 0 Å². The summed E-state index contributed by atoms with van der Waals surface area (Å²) in [5.41, 5.74) is 0. The zero-order valence-electron chi connectivity index (χ0n) is 5.65. The van der Waals surface area contributed by atoms with E-state index in [2.05, 4.69) is 32.9 Å². The number of hydrogen-bond acceptors (Lipinski definition) is 5. The molecule has 0 saturated heterocycles. The maximum absolute atomic E-state index is 4.31.